The molecule has 0 aromatic heterocycles. The number of hydrogen-bond donors (Lipinski definition) is 0. The SMILES string of the molecule is CCC(C)CCCCCCCCCCCCCCCCC(=O)O[C@@H](COC(=O)CCCCCCCCCCCCCCCCCC(C)C)COC(=O)CCCCCCCCCCCCC(C)CC. The van der Waals surface area contributed by atoms with Crippen LogP contribution in [0, 0.1) is 17.8 Å². The fraction of sp³-hybridized carbons (Fsp3) is 0.952. The molecule has 0 radical (unpaired) electrons. The van der Waals surface area contributed by atoms with Gasteiger partial charge in [0.25, 0.3) is 0 Å². The quantitative estimate of drug-likeness (QED) is 0.0343. The minimum Gasteiger partial charge on any atom is -0.462 e. The van der Waals surface area contributed by atoms with Crippen molar-refractivity contribution in [2.24, 2.45) is 17.8 Å². The van der Waals surface area contributed by atoms with Gasteiger partial charge in [-0.15, -0.1) is 0 Å². The number of hydrogen-bond acceptors (Lipinski definition) is 6. The van der Waals surface area contributed by atoms with Gasteiger partial charge in [-0.3, -0.25) is 14.4 Å². The van der Waals surface area contributed by atoms with E-state index in [0.29, 0.717) is 19.3 Å². The maximum Gasteiger partial charge on any atom is 0.306 e. The number of carbonyl (C=O) groups excluding carboxylic acids is 3. The monoisotopic (exact) mass is 961 g/mol. The smallest absolute Gasteiger partial charge is 0.306 e. The van der Waals surface area contributed by atoms with E-state index in [1.807, 2.05) is 0 Å². The summed E-state index contributed by atoms with van der Waals surface area (Å²) in [6, 6.07) is 0. The lowest BCUT2D eigenvalue weighted by Gasteiger charge is -2.18. The Bertz CT molecular complexity index is 1060. The average Bonchev–Trinajstić information content (AvgIpc) is 3.33. The Labute approximate surface area is 425 Å². The predicted molar refractivity (Wildman–Crippen MR) is 293 cm³/mol. The molecule has 404 valence electrons. The number of esters is 3. The van der Waals surface area contributed by atoms with Crippen LogP contribution in [0.3, 0.4) is 0 Å². The van der Waals surface area contributed by atoms with E-state index in [4.69, 9.17) is 14.2 Å². The predicted octanol–water partition coefficient (Wildman–Crippen LogP) is 20.3. The summed E-state index contributed by atoms with van der Waals surface area (Å²) in [5.74, 6) is 1.77. The molecule has 6 heteroatoms. The van der Waals surface area contributed by atoms with Crippen LogP contribution in [-0.2, 0) is 28.6 Å². The summed E-state index contributed by atoms with van der Waals surface area (Å²) in [5, 5.41) is 0. The highest BCUT2D eigenvalue weighted by molar-refractivity contribution is 5.71. The van der Waals surface area contributed by atoms with Crippen molar-refractivity contribution in [1.29, 1.82) is 0 Å². The third-order valence-electron chi connectivity index (χ3n) is 14.9. The topological polar surface area (TPSA) is 78.9 Å². The van der Waals surface area contributed by atoms with E-state index in [1.165, 1.54) is 225 Å². The number of carbonyl (C=O) groups is 3. The van der Waals surface area contributed by atoms with Gasteiger partial charge in [-0.25, -0.2) is 0 Å². The van der Waals surface area contributed by atoms with Gasteiger partial charge in [0.15, 0.2) is 6.10 Å². The molecule has 0 aromatic carbocycles. The molecule has 6 nitrogen and oxygen atoms in total. The fourth-order valence-corrected chi connectivity index (χ4v) is 9.47. The fourth-order valence-electron chi connectivity index (χ4n) is 9.47. The van der Waals surface area contributed by atoms with Gasteiger partial charge in [0.1, 0.15) is 13.2 Å². The molecule has 0 saturated carbocycles. The van der Waals surface area contributed by atoms with Crippen molar-refractivity contribution < 1.29 is 28.6 Å². The first-order valence-corrected chi connectivity index (χ1v) is 30.7. The minimum absolute atomic E-state index is 0.0631. The Kier molecular flexibility index (Phi) is 52.0. The highest BCUT2D eigenvalue weighted by atomic mass is 16.6. The molecule has 0 fully saturated rings. The lowest BCUT2D eigenvalue weighted by molar-refractivity contribution is -0.167. The second-order valence-electron chi connectivity index (χ2n) is 22.3. The Morgan fingerprint density at radius 1 is 0.294 bits per heavy atom. The van der Waals surface area contributed by atoms with E-state index >= 15 is 0 Å². The molecule has 0 aromatic rings. The molecule has 0 amide bonds. The van der Waals surface area contributed by atoms with Crippen molar-refractivity contribution >= 4 is 17.9 Å². The van der Waals surface area contributed by atoms with Gasteiger partial charge in [0.2, 0.25) is 0 Å². The molecule has 3 atom stereocenters. The zero-order valence-electron chi connectivity index (χ0n) is 46.9. The largest absolute Gasteiger partial charge is 0.462 e. The van der Waals surface area contributed by atoms with Crippen LogP contribution < -0.4 is 0 Å². The summed E-state index contributed by atoms with van der Waals surface area (Å²) < 4.78 is 16.9. The van der Waals surface area contributed by atoms with Crippen LogP contribution in [0.5, 0.6) is 0 Å². The van der Waals surface area contributed by atoms with E-state index in [-0.39, 0.29) is 31.1 Å². The van der Waals surface area contributed by atoms with Crippen molar-refractivity contribution in [3.63, 3.8) is 0 Å². The van der Waals surface area contributed by atoms with Gasteiger partial charge in [-0.1, -0.05) is 305 Å². The lowest BCUT2D eigenvalue weighted by atomic mass is 9.99. The summed E-state index contributed by atoms with van der Waals surface area (Å²) in [6.07, 6.45) is 56.5. The van der Waals surface area contributed by atoms with E-state index in [1.54, 1.807) is 0 Å². The number of ether oxygens (including phenoxy) is 3. The Hall–Kier alpha value is -1.59. The highest BCUT2D eigenvalue weighted by Gasteiger charge is 2.19. The summed E-state index contributed by atoms with van der Waals surface area (Å²) in [5.41, 5.74) is 0. The van der Waals surface area contributed by atoms with E-state index < -0.39 is 6.10 Å². The van der Waals surface area contributed by atoms with Crippen LogP contribution in [0.15, 0.2) is 0 Å². The van der Waals surface area contributed by atoms with Crippen LogP contribution >= 0.6 is 0 Å². The summed E-state index contributed by atoms with van der Waals surface area (Å²) in [6.45, 7) is 13.8. The molecular formula is C62H120O6. The first-order chi connectivity index (χ1) is 33.2. The van der Waals surface area contributed by atoms with Crippen molar-refractivity contribution in [2.45, 2.75) is 349 Å². The van der Waals surface area contributed by atoms with Crippen molar-refractivity contribution in [3.05, 3.63) is 0 Å². The number of rotatable bonds is 55. The van der Waals surface area contributed by atoms with Gasteiger partial charge in [0.05, 0.1) is 0 Å². The van der Waals surface area contributed by atoms with Gasteiger partial charge in [0, 0.05) is 19.3 Å². The van der Waals surface area contributed by atoms with E-state index in [2.05, 4.69) is 41.5 Å². The second-order valence-corrected chi connectivity index (χ2v) is 22.3. The molecule has 0 N–H and O–H groups in total. The van der Waals surface area contributed by atoms with Crippen LogP contribution in [0.1, 0.15) is 343 Å². The molecule has 0 aliphatic rings. The zero-order chi connectivity index (χ0) is 49.8. The first-order valence-electron chi connectivity index (χ1n) is 30.7. The molecule has 0 bridgehead atoms. The van der Waals surface area contributed by atoms with Gasteiger partial charge in [-0.2, -0.15) is 0 Å². The van der Waals surface area contributed by atoms with Crippen molar-refractivity contribution in [2.75, 3.05) is 13.2 Å². The third-order valence-corrected chi connectivity index (χ3v) is 14.9. The third kappa shape index (κ3) is 52.2. The van der Waals surface area contributed by atoms with Gasteiger partial charge < -0.3 is 14.2 Å². The maximum atomic E-state index is 12.9. The second kappa shape index (κ2) is 53.2. The van der Waals surface area contributed by atoms with Gasteiger partial charge >= 0.3 is 17.9 Å². The Balaban J connectivity index is 4.30. The lowest BCUT2D eigenvalue weighted by Crippen LogP contribution is -2.30. The number of unbranched alkanes of at least 4 members (excludes halogenated alkanes) is 36. The molecule has 2 unspecified atom stereocenters. The molecule has 0 rings (SSSR count). The van der Waals surface area contributed by atoms with Crippen LogP contribution in [0.2, 0.25) is 0 Å². The average molecular weight is 962 g/mol. The van der Waals surface area contributed by atoms with Gasteiger partial charge in [-0.05, 0) is 37.0 Å². The minimum atomic E-state index is -0.764. The van der Waals surface area contributed by atoms with Crippen LogP contribution in [-0.4, -0.2) is 37.2 Å². The first kappa shape index (κ1) is 66.4. The molecule has 0 spiro atoms. The highest BCUT2D eigenvalue weighted by Crippen LogP contribution is 2.19. The summed E-state index contributed by atoms with van der Waals surface area (Å²) in [7, 11) is 0. The molecular weight excluding hydrogens is 841 g/mol. The van der Waals surface area contributed by atoms with Crippen molar-refractivity contribution in [1.82, 2.24) is 0 Å². The summed E-state index contributed by atoms with van der Waals surface area (Å²) in [4.78, 5) is 38.2. The summed E-state index contributed by atoms with van der Waals surface area (Å²) >= 11 is 0. The molecule has 0 saturated heterocycles. The molecule has 0 aliphatic heterocycles. The van der Waals surface area contributed by atoms with Crippen LogP contribution in [0.4, 0.5) is 0 Å². The normalized spacial score (nSPS) is 12.9. The van der Waals surface area contributed by atoms with E-state index in [0.717, 1.165) is 75.5 Å². The molecule has 0 heterocycles. The van der Waals surface area contributed by atoms with Crippen molar-refractivity contribution in [3.8, 4) is 0 Å². The standard InChI is InChI=1S/C62H120O6/c1-7-57(5)49-43-37-31-25-19-15-12-13-17-21-29-35-41-47-53-62(65)68-59(55-67-61(64)52-46-40-34-28-23-22-26-32-38-44-50-58(6)8-2)54-66-60(63)51-45-39-33-27-20-16-11-9-10-14-18-24-30-36-42-48-56(3)4/h56-59H,7-55H2,1-6H3/t57?,58?,59-/m0/s1. The zero-order valence-corrected chi connectivity index (χ0v) is 46.9. The van der Waals surface area contributed by atoms with Crippen LogP contribution in [0.25, 0.3) is 0 Å². The molecule has 0 aliphatic carbocycles. The van der Waals surface area contributed by atoms with E-state index in [9.17, 15) is 14.4 Å². The maximum absolute atomic E-state index is 12.9. The Morgan fingerprint density at radius 3 is 0.765 bits per heavy atom. The Morgan fingerprint density at radius 2 is 0.515 bits per heavy atom. The molecule has 68 heavy (non-hydrogen) atoms.